The number of pyridine rings is 1. The van der Waals surface area contributed by atoms with E-state index in [-0.39, 0.29) is 0 Å². The van der Waals surface area contributed by atoms with Crippen molar-refractivity contribution in [3.63, 3.8) is 0 Å². The summed E-state index contributed by atoms with van der Waals surface area (Å²) >= 11 is 0. The van der Waals surface area contributed by atoms with E-state index in [0.29, 0.717) is 11.8 Å². The van der Waals surface area contributed by atoms with Gasteiger partial charge in [0, 0.05) is 51.0 Å². The Hall–Kier alpha value is -2.11. The standard InChI is InChI=1S/C20H26N2O3/c1-23-14-17-12-22(13-18(17)16-6-8-21-9-7-16)11-15-4-5-19(24-2)20(10-15)25-3/h4-10,17-18H,11-14H2,1-3H3/t17-,18-/m0/s1. The normalized spacial score (nSPS) is 20.6. The van der Waals surface area contributed by atoms with Gasteiger partial charge in [0.25, 0.3) is 0 Å². The minimum atomic E-state index is 0.475. The number of ether oxygens (including phenoxy) is 3. The molecule has 2 heterocycles. The van der Waals surface area contributed by atoms with Crippen LogP contribution >= 0.6 is 0 Å². The lowest BCUT2D eigenvalue weighted by Gasteiger charge is -2.17. The number of hydrogen-bond donors (Lipinski definition) is 0. The topological polar surface area (TPSA) is 43.8 Å². The predicted octanol–water partition coefficient (Wildman–Crippen LogP) is 2.96. The Kier molecular flexibility index (Phi) is 5.89. The molecular weight excluding hydrogens is 316 g/mol. The van der Waals surface area contributed by atoms with E-state index in [1.54, 1.807) is 21.3 Å². The molecule has 25 heavy (non-hydrogen) atoms. The summed E-state index contributed by atoms with van der Waals surface area (Å²) in [6.07, 6.45) is 3.74. The summed E-state index contributed by atoms with van der Waals surface area (Å²) in [6, 6.07) is 10.4. The van der Waals surface area contributed by atoms with Crippen LogP contribution in [-0.4, -0.2) is 50.9 Å². The van der Waals surface area contributed by atoms with Gasteiger partial charge in [0.1, 0.15) is 0 Å². The van der Waals surface area contributed by atoms with E-state index in [9.17, 15) is 0 Å². The first-order valence-electron chi connectivity index (χ1n) is 8.57. The van der Waals surface area contributed by atoms with Crippen molar-refractivity contribution in [1.82, 2.24) is 9.88 Å². The summed E-state index contributed by atoms with van der Waals surface area (Å²) in [6.45, 7) is 3.71. The lowest BCUT2D eigenvalue weighted by atomic mass is 9.90. The number of hydrogen-bond acceptors (Lipinski definition) is 5. The molecule has 0 amide bonds. The fraction of sp³-hybridized carbons (Fsp3) is 0.450. The molecule has 5 heteroatoms. The van der Waals surface area contributed by atoms with Crippen LogP contribution in [0.15, 0.2) is 42.7 Å². The molecule has 0 unspecified atom stereocenters. The molecule has 1 fully saturated rings. The minimum Gasteiger partial charge on any atom is -0.493 e. The van der Waals surface area contributed by atoms with E-state index >= 15 is 0 Å². The van der Waals surface area contributed by atoms with Gasteiger partial charge in [-0.1, -0.05) is 6.07 Å². The molecule has 1 aromatic heterocycles. The largest absolute Gasteiger partial charge is 0.493 e. The SMILES string of the molecule is COC[C@@H]1CN(Cc2ccc(OC)c(OC)c2)C[C@H]1c1ccncc1. The van der Waals surface area contributed by atoms with Crippen LogP contribution in [0.2, 0.25) is 0 Å². The van der Waals surface area contributed by atoms with E-state index in [0.717, 1.165) is 37.7 Å². The number of methoxy groups -OCH3 is 3. The van der Waals surface area contributed by atoms with Crippen LogP contribution in [0.4, 0.5) is 0 Å². The van der Waals surface area contributed by atoms with Crippen molar-refractivity contribution < 1.29 is 14.2 Å². The highest BCUT2D eigenvalue weighted by Gasteiger charge is 2.33. The van der Waals surface area contributed by atoms with E-state index in [1.807, 2.05) is 18.5 Å². The summed E-state index contributed by atoms with van der Waals surface area (Å²) in [5.41, 5.74) is 2.57. The molecular formula is C20H26N2O3. The van der Waals surface area contributed by atoms with Gasteiger partial charge in [-0.25, -0.2) is 0 Å². The first-order valence-corrected chi connectivity index (χ1v) is 8.57. The summed E-state index contributed by atoms with van der Waals surface area (Å²) in [5.74, 6) is 2.51. The number of nitrogens with zero attached hydrogens (tertiary/aromatic N) is 2. The van der Waals surface area contributed by atoms with Crippen molar-refractivity contribution >= 4 is 0 Å². The zero-order chi connectivity index (χ0) is 17.6. The van der Waals surface area contributed by atoms with Crippen molar-refractivity contribution in [2.45, 2.75) is 12.5 Å². The van der Waals surface area contributed by atoms with Crippen LogP contribution in [0.5, 0.6) is 11.5 Å². The van der Waals surface area contributed by atoms with Crippen LogP contribution in [0.1, 0.15) is 17.0 Å². The van der Waals surface area contributed by atoms with Gasteiger partial charge in [0.05, 0.1) is 20.8 Å². The van der Waals surface area contributed by atoms with E-state index in [4.69, 9.17) is 14.2 Å². The van der Waals surface area contributed by atoms with Gasteiger partial charge in [0.15, 0.2) is 11.5 Å². The maximum atomic E-state index is 5.46. The van der Waals surface area contributed by atoms with Crippen LogP contribution in [-0.2, 0) is 11.3 Å². The monoisotopic (exact) mass is 342 g/mol. The third kappa shape index (κ3) is 4.11. The molecule has 1 saturated heterocycles. The highest BCUT2D eigenvalue weighted by molar-refractivity contribution is 5.42. The van der Waals surface area contributed by atoms with Crippen LogP contribution in [0.3, 0.4) is 0 Å². The zero-order valence-electron chi connectivity index (χ0n) is 15.1. The summed E-state index contributed by atoms with van der Waals surface area (Å²) in [7, 11) is 5.11. The van der Waals surface area contributed by atoms with Crippen LogP contribution in [0, 0.1) is 5.92 Å². The van der Waals surface area contributed by atoms with E-state index in [2.05, 4.69) is 34.1 Å². The molecule has 0 bridgehead atoms. The highest BCUT2D eigenvalue weighted by atomic mass is 16.5. The Morgan fingerprint density at radius 2 is 1.76 bits per heavy atom. The molecule has 0 saturated carbocycles. The summed E-state index contributed by atoms with van der Waals surface area (Å²) < 4.78 is 16.2. The smallest absolute Gasteiger partial charge is 0.161 e. The number of benzene rings is 1. The lowest BCUT2D eigenvalue weighted by molar-refractivity contribution is 0.147. The molecule has 5 nitrogen and oxygen atoms in total. The maximum absolute atomic E-state index is 5.46. The Bertz CT molecular complexity index is 678. The predicted molar refractivity (Wildman–Crippen MR) is 97.2 cm³/mol. The van der Waals surface area contributed by atoms with Gasteiger partial charge in [0.2, 0.25) is 0 Å². The molecule has 3 rings (SSSR count). The molecule has 2 atom stereocenters. The molecule has 0 radical (unpaired) electrons. The fourth-order valence-corrected chi connectivity index (χ4v) is 3.70. The first kappa shape index (κ1) is 17.7. The lowest BCUT2D eigenvalue weighted by Crippen LogP contribution is -2.21. The molecule has 1 aromatic carbocycles. The molecule has 0 aliphatic carbocycles. The number of likely N-dealkylation sites (tertiary alicyclic amines) is 1. The molecule has 134 valence electrons. The van der Waals surface area contributed by atoms with Crippen molar-refractivity contribution in [1.29, 1.82) is 0 Å². The van der Waals surface area contributed by atoms with Gasteiger partial charge in [-0.2, -0.15) is 0 Å². The van der Waals surface area contributed by atoms with Gasteiger partial charge in [-0.05, 0) is 35.4 Å². The van der Waals surface area contributed by atoms with E-state index < -0.39 is 0 Å². The Balaban J connectivity index is 1.73. The van der Waals surface area contributed by atoms with Gasteiger partial charge < -0.3 is 14.2 Å². The zero-order valence-corrected chi connectivity index (χ0v) is 15.1. The second kappa shape index (κ2) is 8.32. The average Bonchev–Trinajstić information content (AvgIpc) is 3.05. The van der Waals surface area contributed by atoms with Gasteiger partial charge in [-0.15, -0.1) is 0 Å². The van der Waals surface area contributed by atoms with Crippen molar-refractivity contribution in [3.8, 4) is 11.5 Å². The highest BCUT2D eigenvalue weighted by Crippen LogP contribution is 2.34. The van der Waals surface area contributed by atoms with Crippen molar-refractivity contribution in [2.75, 3.05) is 41.0 Å². The third-order valence-electron chi connectivity index (χ3n) is 4.89. The minimum absolute atomic E-state index is 0.475. The second-order valence-corrected chi connectivity index (χ2v) is 6.49. The quantitative estimate of drug-likeness (QED) is 0.774. The molecule has 0 N–H and O–H groups in total. The fourth-order valence-electron chi connectivity index (χ4n) is 3.70. The number of rotatable bonds is 7. The first-order chi connectivity index (χ1) is 12.2. The van der Waals surface area contributed by atoms with Crippen molar-refractivity contribution in [2.24, 2.45) is 5.92 Å². The van der Waals surface area contributed by atoms with Gasteiger partial charge in [-0.3, -0.25) is 9.88 Å². The second-order valence-electron chi connectivity index (χ2n) is 6.49. The Morgan fingerprint density at radius 1 is 1.00 bits per heavy atom. The summed E-state index contributed by atoms with van der Waals surface area (Å²) in [5, 5.41) is 0. The number of aromatic nitrogens is 1. The summed E-state index contributed by atoms with van der Waals surface area (Å²) in [4.78, 5) is 6.62. The molecule has 1 aliphatic heterocycles. The van der Waals surface area contributed by atoms with Crippen LogP contribution < -0.4 is 9.47 Å². The molecule has 2 aromatic rings. The Morgan fingerprint density at radius 3 is 2.44 bits per heavy atom. The Labute approximate surface area is 149 Å². The van der Waals surface area contributed by atoms with Crippen molar-refractivity contribution in [3.05, 3.63) is 53.9 Å². The molecule has 0 spiro atoms. The third-order valence-corrected chi connectivity index (χ3v) is 4.89. The maximum Gasteiger partial charge on any atom is 0.161 e. The van der Waals surface area contributed by atoms with E-state index in [1.165, 1.54) is 11.1 Å². The molecule has 1 aliphatic rings. The van der Waals surface area contributed by atoms with Gasteiger partial charge >= 0.3 is 0 Å². The average molecular weight is 342 g/mol. The van der Waals surface area contributed by atoms with Crippen LogP contribution in [0.25, 0.3) is 0 Å².